The maximum absolute atomic E-state index is 12.6. The van der Waals surface area contributed by atoms with Crippen LogP contribution in [0.1, 0.15) is 19.8 Å². The summed E-state index contributed by atoms with van der Waals surface area (Å²) in [5, 5.41) is 8.65. The van der Waals surface area contributed by atoms with E-state index in [2.05, 4.69) is 0 Å². The van der Waals surface area contributed by atoms with Crippen molar-refractivity contribution in [3.8, 4) is 0 Å². The molecule has 1 unspecified atom stereocenters. The van der Waals surface area contributed by atoms with Gasteiger partial charge in [-0.25, -0.2) is 4.79 Å². The number of halogens is 3. The molecule has 110 valence electrons. The van der Waals surface area contributed by atoms with Crippen LogP contribution in [-0.4, -0.2) is 59.3 Å². The Hall–Kier alpha value is -1.47. The van der Waals surface area contributed by atoms with Gasteiger partial charge >= 0.3 is 18.2 Å². The lowest BCUT2D eigenvalue weighted by Crippen LogP contribution is -2.51. The lowest BCUT2D eigenvalue weighted by Gasteiger charge is -2.36. The predicted octanol–water partition coefficient (Wildman–Crippen LogP) is 1.79. The van der Waals surface area contributed by atoms with E-state index in [0.717, 1.165) is 9.80 Å². The first kappa shape index (κ1) is 15.6. The monoisotopic (exact) mass is 282 g/mol. The summed E-state index contributed by atoms with van der Waals surface area (Å²) in [5.74, 6) is -2.70. The summed E-state index contributed by atoms with van der Waals surface area (Å²) in [4.78, 5) is 24.7. The molecule has 1 N–H and O–H groups in total. The van der Waals surface area contributed by atoms with Gasteiger partial charge in [0.1, 0.15) is 6.54 Å². The molecule has 1 heterocycles. The van der Waals surface area contributed by atoms with Crippen LogP contribution in [0.2, 0.25) is 0 Å². The number of rotatable bonds is 3. The molecular formula is C11H17F3N2O3. The average molecular weight is 282 g/mol. The number of carboxylic acid groups (broad SMARTS) is 1. The third kappa shape index (κ3) is 4.29. The molecule has 1 saturated heterocycles. The van der Waals surface area contributed by atoms with Crippen LogP contribution in [0, 0.1) is 5.92 Å². The Bertz CT molecular complexity index is 347. The molecule has 1 atom stereocenters. The fourth-order valence-electron chi connectivity index (χ4n) is 2.10. The standard InChI is InChI=1S/C11H17F3N2O3/c1-2-15(7-9(17)18)10(19)16-5-3-4-8(6-16)11(12,13)14/h8H,2-7H2,1H3,(H,17,18). The molecule has 1 aliphatic rings. The largest absolute Gasteiger partial charge is 0.480 e. The smallest absolute Gasteiger partial charge is 0.393 e. The Kier molecular flexibility index (Phi) is 5.02. The topological polar surface area (TPSA) is 60.9 Å². The number of carboxylic acids is 1. The van der Waals surface area contributed by atoms with Gasteiger partial charge in [0, 0.05) is 19.6 Å². The van der Waals surface area contributed by atoms with Gasteiger partial charge in [-0.05, 0) is 19.8 Å². The number of hydrogen-bond acceptors (Lipinski definition) is 2. The minimum atomic E-state index is -4.32. The van der Waals surface area contributed by atoms with Crippen molar-refractivity contribution in [3.63, 3.8) is 0 Å². The van der Waals surface area contributed by atoms with E-state index in [1.165, 1.54) is 0 Å². The Morgan fingerprint density at radius 1 is 1.42 bits per heavy atom. The zero-order valence-corrected chi connectivity index (χ0v) is 10.6. The number of likely N-dealkylation sites (tertiary alicyclic amines) is 1. The summed E-state index contributed by atoms with van der Waals surface area (Å²) in [5.41, 5.74) is 0. The molecule has 19 heavy (non-hydrogen) atoms. The van der Waals surface area contributed by atoms with Gasteiger partial charge < -0.3 is 14.9 Å². The van der Waals surface area contributed by atoms with Gasteiger partial charge in [0.05, 0.1) is 5.92 Å². The molecule has 0 aliphatic carbocycles. The van der Waals surface area contributed by atoms with Gasteiger partial charge in [-0.15, -0.1) is 0 Å². The predicted molar refractivity (Wildman–Crippen MR) is 60.6 cm³/mol. The second-order valence-corrected chi connectivity index (χ2v) is 4.52. The number of likely N-dealkylation sites (N-methyl/N-ethyl adjacent to an activating group) is 1. The number of piperidine rings is 1. The first-order valence-electron chi connectivity index (χ1n) is 6.08. The molecule has 0 radical (unpaired) electrons. The Morgan fingerprint density at radius 3 is 2.53 bits per heavy atom. The third-order valence-corrected chi connectivity index (χ3v) is 3.13. The lowest BCUT2D eigenvalue weighted by atomic mass is 9.98. The van der Waals surface area contributed by atoms with E-state index in [1.54, 1.807) is 6.92 Å². The summed E-state index contributed by atoms with van der Waals surface area (Å²) in [6, 6.07) is -0.640. The Balaban J connectivity index is 2.68. The number of nitrogens with zero attached hydrogens (tertiary/aromatic N) is 2. The van der Waals surface area contributed by atoms with Gasteiger partial charge in [-0.3, -0.25) is 4.79 Å². The Morgan fingerprint density at radius 2 is 2.05 bits per heavy atom. The molecule has 1 rings (SSSR count). The fraction of sp³-hybridized carbons (Fsp3) is 0.818. The van der Waals surface area contributed by atoms with Crippen molar-refractivity contribution in [2.75, 3.05) is 26.2 Å². The number of amides is 2. The van der Waals surface area contributed by atoms with E-state index in [4.69, 9.17) is 5.11 Å². The fourth-order valence-corrected chi connectivity index (χ4v) is 2.10. The van der Waals surface area contributed by atoms with Crippen LogP contribution in [0.5, 0.6) is 0 Å². The highest BCUT2D eigenvalue weighted by Crippen LogP contribution is 2.33. The molecule has 0 saturated carbocycles. The van der Waals surface area contributed by atoms with Crippen molar-refractivity contribution >= 4 is 12.0 Å². The highest BCUT2D eigenvalue weighted by Gasteiger charge is 2.43. The number of alkyl halides is 3. The van der Waals surface area contributed by atoms with Gasteiger partial charge in [0.2, 0.25) is 0 Å². The quantitative estimate of drug-likeness (QED) is 0.858. The van der Waals surface area contributed by atoms with Crippen molar-refractivity contribution < 1.29 is 27.9 Å². The molecule has 0 spiro atoms. The van der Waals surface area contributed by atoms with Crippen LogP contribution in [0.25, 0.3) is 0 Å². The number of carbonyl (C=O) groups is 2. The van der Waals surface area contributed by atoms with Crippen molar-refractivity contribution in [1.82, 2.24) is 9.80 Å². The van der Waals surface area contributed by atoms with E-state index >= 15 is 0 Å². The molecule has 2 amide bonds. The van der Waals surface area contributed by atoms with E-state index in [9.17, 15) is 22.8 Å². The first-order chi connectivity index (χ1) is 8.75. The van der Waals surface area contributed by atoms with E-state index in [-0.39, 0.29) is 25.9 Å². The molecular weight excluding hydrogens is 265 g/mol. The summed E-state index contributed by atoms with van der Waals surface area (Å²) in [6.07, 6.45) is -4.03. The molecule has 5 nitrogen and oxygen atoms in total. The van der Waals surface area contributed by atoms with Gasteiger partial charge in [-0.1, -0.05) is 0 Å². The second kappa shape index (κ2) is 6.12. The number of aliphatic carboxylic acids is 1. The van der Waals surface area contributed by atoms with E-state index in [1.807, 2.05) is 0 Å². The average Bonchev–Trinajstić information content (AvgIpc) is 2.34. The Labute approximate surface area is 109 Å². The maximum atomic E-state index is 12.6. The second-order valence-electron chi connectivity index (χ2n) is 4.52. The van der Waals surface area contributed by atoms with Crippen molar-refractivity contribution in [3.05, 3.63) is 0 Å². The van der Waals surface area contributed by atoms with Crippen LogP contribution < -0.4 is 0 Å². The zero-order valence-electron chi connectivity index (χ0n) is 10.6. The van der Waals surface area contributed by atoms with Crippen LogP contribution in [0.4, 0.5) is 18.0 Å². The van der Waals surface area contributed by atoms with Crippen LogP contribution in [0.3, 0.4) is 0 Å². The van der Waals surface area contributed by atoms with E-state index in [0.29, 0.717) is 0 Å². The lowest BCUT2D eigenvalue weighted by molar-refractivity contribution is -0.184. The summed E-state index contributed by atoms with van der Waals surface area (Å²) in [6.45, 7) is 1.09. The SMILES string of the molecule is CCN(CC(=O)O)C(=O)N1CCCC(C(F)(F)F)C1. The van der Waals surface area contributed by atoms with Crippen LogP contribution in [0.15, 0.2) is 0 Å². The van der Waals surface area contributed by atoms with Crippen LogP contribution >= 0.6 is 0 Å². The minimum absolute atomic E-state index is 0.0122. The molecule has 0 aromatic carbocycles. The van der Waals surface area contributed by atoms with Crippen LogP contribution in [-0.2, 0) is 4.79 Å². The molecule has 0 aromatic rings. The number of hydrogen-bond donors (Lipinski definition) is 1. The van der Waals surface area contributed by atoms with Crippen molar-refractivity contribution in [1.29, 1.82) is 0 Å². The molecule has 1 aliphatic heterocycles. The summed E-state index contributed by atoms with van der Waals surface area (Å²) >= 11 is 0. The molecule has 1 fully saturated rings. The summed E-state index contributed by atoms with van der Waals surface area (Å²) in [7, 11) is 0. The minimum Gasteiger partial charge on any atom is -0.480 e. The first-order valence-corrected chi connectivity index (χ1v) is 6.08. The van der Waals surface area contributed by atoms with E-state index < -0.39 is 37.2 Å². The normalized spacial score (nSPS) is 20.2. The number of carbonyl (C=O) groups excluding carboxylic acids is 1. The zero-order chi connectivity index (χ0) is 14.6. The van der Waals surface area contributed by atoms with Crippen molar-refractivity contribution in [2.24, 2.45) is 5.92 Å². The number of urea groups is 1. The molecule has 8 heteroatoms. The molecule has 0 bridgehead atoms. The highest BCUT2D eigenvalue weighted by atomic mass is 19.4. The van der Waals surface area contributed by atoms with Gasteiger partial charge in [0.25, 0.3) is 0 Å². The van der Waals surface area contributed by atoms with Gasteiger partial charge in [-0.2, -0.15) is 13.2 Å². The van der Waals surface area contributed by atoms with Gasteiger partial charge in [0.15, 0.2) is 0 Å². The highest BCUT2D eigenvalue weighted by molar-refractivity contribution is 5.80. The molecule has 0 aromatic heterocycles. The maximum Gasteiger partial charge on any atom is 0.393 e. The van der Waals surface area contributed by atoms with Crippen molar-refractivity contribution in [2.45, 2.75) is 25.9 Å². The third-order valence-electron chi connectivity index (χ3n) is 3.13. The summed E-state index contributed by atoms with van der Waals surface area (Å²) < 4.78 is 37.9.